The molecule has 2 aromatic rings. The van der Waals surface area contributed by atoms with Crippen LogP contribution in [0.1, 0.15) is 5.69 Å². The number of rotatable bonds is 2. The summed E-state index contributed by atoms with van der Waals surface area (Å²) in [5.74, 6) is 0. The second kappa shape index (κ2) is 4.58. The molecule has 0 aromatic carbocycles. The highest BCUT2D eigenvalue weighted by molar-refractivity contribution is 14.1. The van der Waals surface area contributed by atoms with Gasteiger partial charge in [0.05, 0.1) is 22.1 Å². The zero-order chi connectivity index (χ0) is 10.8. The molecule has 0 fully saturated rings. The SMILES string of the molecule is O=c1c(I)cncn1Cc1csc(Cl)n1. The van der Waals surface area contributed by atoms with Crippen molar-refractivity contribution in [1.82, 2.24) is 14.5 Å². The normalized spacial score (nSPS) is 10.5. The van der Waals surface area contributed by atoms with E-state index in [1.807, 2.05) is 28.0 Å². The van der Waals surface area contributed by atoms with Gasteiger partial charge in [0, 0.05) is 11.6 Å². The highest BCUT2D eigenvalue weighted by Gasteiger charge is 2.04. The average molecular weight is 354 g/mol. The van der Waals surface area contributed by atoms with E-state index in [9.17, 15) is 4.79 Å². The van der Waals surface area contributed by atoms with E-state index >= 15 is 0 Å². The molecule has 15 heavy (non-hydrogen) atoms. The van der Waals surface area contributed by atoms with Gasteiger partial charge in [0.15, 0.2) is 4.47 Å². The molecule has 0 radical (unpaired) electrons. The van der Waals surface area contributed by atoms with Gasteiger partial charge in [-0.2, -0.15) is 0 Å². The first-order valence-electron chi connectivity index (χ1n) is 3.96. The maximum absolute atomic E-state index is 11.6. The summed E-state index contributed by atoms with van der Waals surface area (Å²) in [6.45, 7) is 0.409. The van der Waals surface area contributed by atoms with E-state index in [4.69, 9.17) is 11.6 Å². The summed E-state index contributed by atoms with van der Waals surface area (Å²) in [4.78, 5) is 19.7. The van der Waals surface area contributed by atoms with E-state index in [1.54, 1.807) is 0 Å². The Bertz CT molecular complexity index is 539. The molecule has 0 N–H and O–H groups in total. The van der Waals surface area contributed by atoms with Gasteiger partial charge in [-0.1, -0.05) is 11.6 Å². The molecule has 0 spiro atoms. The van der Waals surface area contributed by atoms with Crippen LogP contribution in [0.15, 0.2) is 22.7 Å². The van der Waals surface area contributed by atoms with Gasteiger partial charge >= 0.3 is 0 Å². The fourth-order valence-corrected chi connectivity index (χ4v) is 2.31. The van der Waals surface area contributed by atoms with Crippen LogP contribution in [0.2, 0.25) is 4.47 Å². The van der Waals surface area contributed by atoms with Crippen molar-refractivity contribution in [2.75, 3.05) is 0 Å². The van der Waals surface area contributed by atoms with Gasteiger partial charge in [0.2, 0.25) is 0 Å². The number of hydrogen-bond donors (Lipinski definition) is 0. The second-order valence-electron chi connectivity index (χ2n) is 2.77. The summed E-state index contributed by atoms with van der Waals surface area (Å²) in [5.41, 5.74) is 0.714. The molecular formula is C8H5ClIN3OS. The smallest absolute Gasteiger partial charge is 0.267 e. The maximum Gasteiger partial charge on any atom is 0.267 e. The van der Waals surface area contributed by atoms with Crippen LogP contribution in [-0.4, -0.2) is 14.5 Å². The summed E-state index contributed by atoms with van der Waals surface area (Å²) >= 11 is 9.01. The van der Waals surface area contributed by atoms with Crippen molar-refractivity contribution >= 4 is 45.5 Å². The number of nitrogens with zero attached hydrogens (tertiary/aromatic N) is 3. The lowest BCUT2D eigenvalue weighted by Crippen LogP contribution is -2.23. The van der Waals surface area contributed by atoms with Crippen LogP contribution in [0.25, 0.3) is 0 Å². The summed E-state index contributed by atoms with van der Waals surface area (Å²) in [7, 11) is 0. The molecule has 2 rings (SSSR count). The van der Waals surface area contributed by atoms with Gasteiger partial charge in [-0.15, -0.1) is 11.3 Å². The van der Waals surface area contributed by atoms with Crippen LogP contribution < -0.4 is 5.56 Å². The number of hydrogen-bond acceptors (Lipinski definition) is 4. The molecule has 4 nitrogen and oxygen atoms in total. The van der Waals surface area contributed by atoms with Crippen molar-refractivity contribution in [3.05, 3.63) is 42.0 Å². The summed E-state index contributed by atoms with van der Waals surface area (Å²) in [5, 5.41) is 1.83. The third-order valence-corrected chi connectivity index (χ3v) is 3.48. The first-order chi connectivity index (χ1) is 7.16. The molecule has 0 aliphatic rings. The molecular weight excluding hydrogens is 349 g/mol. The fraction of sp³-hybridized carbons (Fsp3) is 0.125. The molecule has 0 bridgehead atoms. The molecule has 0 aliphatic heterocycles. The molecule has 2 heterocycles. The Morgan fingerprint density at radius 2 is 2.40 bits per heavy atom. The van der Waals surface area contributed by atoms with Crippen LogP contribution in [0.5, 0.6) is 0 Å². The predicted octanol–water partition coefficient (Wildman–Crippen LogP) is 2.01. The van der Waals surface area contributed by atoms with Crippen molar-refractivity contribution < 1.29 is 0 Å². The van der Waals surface area contributed by atoms with E-state index in [1.165, 1.54) is 28.4 Å². The zero-order valence-corrected chi connectivity index (χ0v) is 11.1. The van der Waals surface area contributed by atoms with Gasteiger partial charge in [0.1, 0.15) is 0 Å². The van der Waals surface area contributed by atoms with Crippen molar-refractivity contribution in [2.45, 2.75) is 6.54 Å². The maximum atomic E-state index is 11.6. The van der Waals surface area contributed by atoms with E-state index in [-0.39, 0.29) is 5.56 Å². The lowest BCUT2D eigenvalue weighted by atomic mass is 10.5. The Hall–Kier alpha value is -0.470. The first-order valence-corrected chi connectivity index (χ1v) is 6.30. The minimum absolute atomic E-state index is 0.0604. The summed E-state index contributed by atoms with van der Waals surface area (Å²) in [6.07, 6.45) is 3.03. The van der Waals surface area contributed by atoms with Gasteiger partial charge in [-0.25, -0.2) is 9.97 Å². The molecule has 0 atom stereocenters. The summed E-state index contributed by atoms with van der Waals surface area (Å²) < 4.78 is 2.58. The summed E-state index contributed by atoms with van der Waals surface area (Å²) in [6, 6.07) is 0. The van der Waals surface area contributed by atoms with Crippen molar-refractivity contribution in [2.24, 2.45) is 0 Å². The van der Waals surface area contributed by atoms with E-state index < -0.39 is 0 Å². The third kappa shape index (κ3) is 2.56. The third-order valence-electron chi connectivity index (χ3n) is 1.72. The number of halogens is 2. The monoisotopic (exact) mass is 353 g/mol. The molecule has 7 heteroatoms. The average Bonchev–Trinajstić information content (AvgIpc) is 2.59. The topological polar surface area (TPSA) is 47.8 Å². The Balaban J connectivity index is 2.32. The predicted molar refractivity (Wildman–Crippen MR) is 67.4 cm³/mol. The Labute approximate surface area is 108 Å². The Morgan fingerprint density at radius 3 is 3.07 bits per heavy atom. The van der Waals surface area contributed by atoms with Gasteiger partial charge < -0.3 is 0 Å². The quantitative estimate of drug-likeness (QED) is 0.776. The molecule has 0 amide bonds. The second-order valence-corrected chi connectivity index (χ2v) is 5.37. The highest BCUT2D eigenvalue weighted by atomic mass is 127. The first kappa shape index (κ1) is 11.0. The van der Waals surface area contributed by atoms with Crippen molar-refractivity contribution in [3.63, 3.8) is 0 Å². The molecule has 0 saturated carbocycles. The van der Waals surface area contributed by atoms with Gasteiger partial charge in [-0.05, 0) is 22.6 Å². The van der Waals surface area contributed by atoms with Crippen LogP contribution in [0.4, 0.5) is 0 Å². The van der Waals surface area contributed by atoms with Gasteiger partial charge in [-0.3, -0.25) is 9.36 Å². The molecule has 0 unspecified atom stereocenters. The molecule has 2 aromatic heterocycles. The van der Waals surface area contributed by atoms with Crippen LogP contribution >= 0.6 is 45.5 Å². The molecule has 0 saturated heterocycles. The van der Waals surface area contributed by atoms with E-state index in [0.717, 1.165) is 5.69 Å². The largest absolute Gasteiger partial charge is 0.292 e. The molecule has 0 aliphatic carbocycles. The lowest BCUT2D eigenvalue weighted by Gasteiger charge is -2.01. The van der Waals surface area contributed by atoms with Crippen molar-refractivity contribution in [1.29, 1.82) is 0 Å². The number of thiazole rings is 1. The van der Waals surface area contributed by atoms with Crippen LogP contribution in [-0.2, 0) is 6.54 Å². The molecule has 78 valence electrons. The number of aromatic nitrogens is 3. The van der Waals surface area contributed by atoms with E-state index in [0.29, 0.717) is 14.6 Å². The Kier molecular flexibility index (Phi) is 3.37. The van der Waals surface area contributed by atoms with Gasteiger partial charge in [0.25, 0.3) is 5.56 Å². The van der Waals surface area contributed by atoms with Crippen molar-refractivity contribution in [3.8, 4) is 0 Å². The van der Waals surface area contributed by atoms with E-state index in [2.05, 4.69) is 9.97 Å². The van der Waals surface area contributed by atoms with Crippen LogP contribution in [0, 0.1) is 3.57 Å². The zero-order valence-electron chi connectivity index (χ0n) is 7.35. The fourth-order valence-electron chi connectivity index (χ4n) is 1.07. The lowest BCUT2D eigenvalue weighted by molar-refractivity contribution is 0.717. The standard InChI is InChI=1S/C8H5ClIN3OS/c9-8-12-5(3-15-8)2-13-4-11-1-6(10)7(13)14/h1,3-4H,2H2. The minimum atomic E-state index is -0.0604. The Morgan fingerprint density at radius 1 is 1.60 bits per heavy atom. The highest BCUT2D eigenvalue weighted by Crippen LogP contribution is 2.15. The van der Waals surface area contributed by atoms with Crippen LogP contribution in [0.3, 0.4) is 0 Å². The minimum Gasteiger partial charge on any atom is -0.292 e.